The summed E-state index contributed by atoms with van der Waals surface area (Å²) in [7, 11) is 0. The van der Waals surface area contributed by atoms with E-state index in [1.54, 1.807) is 6.08 Å². The Morgan fingerprint density at radius 2 is 1.89 bits per heavy atom. The van der Waals surface area contributed by atoms with E-state index in [0.717, 1.165) is 16.9 Å². The number of hydrogen-bond acceptors (Lipinski definition) is 2. The second-order valence-electron chi connectivity index (χ2n) is 4.11. The summed E-state index contributed by atoms with van der Waals surface area (Å²) in [6, 6.07) is 17.7. The molecule has 92 valence electrons. The van der Waals surface area contributed by atoms with Gasteiger partial charge in [-0.25, -0.2) is 0 Å². The minimum atomic E-state index is -0.148. The van der Waals surface area contributed by atoms with Crippen molar-refractivity contribution in [1.29, 1.82) is 0 Å². The molecular formula is C16H17NO. The normalized spacial score (nSPS) is 11.8. The number of rotatable bonds is 5. The molecule has 0 amide bonds. The van der Waals surface area contributed by atoms with Gasteiger partial charge in [0.05, 0.1) is 0 Å². The van der Waals surface area contributed by atoms with Crippen LogP contribution in [0.5, 0.6) is 5.75 Å². The summed E-state index contributed by atoms with van der Waals surface area (Å²) in [6.45, 7) is 4.26. The Bertz CT molecular complexity index is 508. The van der Waals surface area contributed by atoms with Gasteiger partial charge in [-0.1, -0.05) is 48.5 Å². The molecule has 0 radical (unpaired) electrons. The first-order valence-corrected chi connectivity index (χ1v) is 5.94. The Hall–Kier alpha value is -2.06. The summed E-state index contributed by atoms with van der Waals surface area (Å²) in [5, 5.41) is 0. The predicted octanol–water partition coefficient (Wildman–Crippen LogP) is 3.45. The zero-order chi connectivity index (χ0) is 12.8. The van der Waals surface area contributed by atoms with Gasteiger partial charge < -0.3 is 10.5 Å². The van der Waals surface area contributed by atoms with Crippen molar-refractivity contribution >= 4 is 0 Å². The zero-order valence-corrected chi connectivity index (χ0v) is 10.3. The third-order valence-corrected chi connectivity index (χ3v) is 2.75. The van der Waals surface area contributed by atoms with Crippen molar-refractivity contribution in [3.05, 3.63) is 78.4 Å². The number of hydrogen-bond donors (Lipinski definition) is 1. The fraction of sp³-hybridized carbons (Fsp3) is 0.125. The van der Waals surface area contributed by atoms with Gasteiger partial charge in [0.25, 0.3) is 0 Å². The van der Waals surface area contributed by atoms with Crippen molar-refractivity contribution in [2.75, 3.05) is 0 Å². The van der Waals surface area contributed by atoms with Gasteiger partial charge in [-0.2, -0.15) is 0 Å². The topological polar surface area (TPSA) is 35.2 Å². The van der Waals surface area contributed by atoms with Gasteiger partial charge in [0.1, 0.15) is 12.4 Å². The fourth-order valence-electron chi connectivity index (χ4n) is 1.69. The molecule has 0 heterocycles. The molecule has 0 bridgehead atoms. The third-order valence-electron chi connectivity index (χ3n) is 2.75. The molecule has 0 aromatic heterocycles. The SMILES string of the molecule is C=CC(N)c1cccc(OCc2ccccc2)c1. The molecule has 2 aromatic rings. The lowest BCUT2D eigenvalue weighted by atomic mass is 10.1. The highest BCUT2D eigenvalue weighted by atomic mass is 16.5. The van der Waals surface area contributed by atoms with E-state index in [9.17, 15) is 0 Å². The van der Waals surface area contributed by atoms with Gasteiger partial charge in [0.15, 0.2) is 0 Å². The van der Waals surface area contributed by atoms with Crippen LogP contribution in [0.15, 0.2) is 67.3 Å². The van der Waals surface area contributed by atoms with E-state index in [1.165, 1.54) is 0 Å². The second-order valence-corrected chi connectivity index (χ2v) is 4.11. The van der Waals surface area contributed by atoms with E-state index in [1.807, 2.05) is 54.6 Å². The first-order chi connectivity index (χ1) is 8.79. The molecule has 0 saturated carbocycles. The second kappa shape index (κ2) is 6.03. The van der Waals surface area contributed by atoms with Gasteiger partial charge in [-0.05, 0) is 23.3 Å². The number of ether oxygens (including phenoxy) is 1. The van der Waals surface area contributed by atoms with Crippen LogP contribution in [0.25, 0.3) is 0 Å². The lowest BCUT2D eigenvalue weighted by Gasteiger charge is -2.10. The quantitative estimate of drug-likeness (QED) is 0.811. The van der Waals surface area contributed by atoms with E-state index in [4.69, 9.17) is 10.5 Å². The van der Waals surface area contributed by atoms with E-state index in [2.05, 4.69) is 6.58 Å². The number of nitrogens with two attached hydrogens (primary N) is 1. The first-order valence-electron chi connectivity index (χ1n) is 5.94. The molecular weight excluding hydrogens is 222 g/mol. The highest BCUT2D eigenvalue weighted by molar-refractivity contribution is 5.32. The van der Waals surface area contributed by atoms with Crippen molar-refractivity contribution in [3.8, 4) is 5.75 Å². The van der Waals surface area contributed by atoms with E-state index in [0.29, 0.717) is 6.61 Å². The maximum atomic E-state index is 5.90. The molecule has 2 rings (SSSR count). The van der Waals surface area contributed by atoms with Gasteiger partial charge >= 0.3 is 0 Å². The summed E-state index contributed by atoms with van der Waals surface area (Å²) in [4.78, 5) is 0. The van der Waals surface area contributed by atoms with Crippen LogP contribution < -0.4 is 10.5 Å². The molecule has 1 atom stereocenters. The van der Waals surface area contributed by atoms with Crippen LogP contribution in [0, 0.1) is 0 Å². The Labute approximate surface area is 108 Å². The van der Waals surface area contributed by atoms with Crippen molar-refractivity contribution in [1.82, 2.24) is 0 Å². The lowest BCUT2D eigenvalue weighted by Crippen LogP contribution is -2.06. The molecule has 2 aromatic carbocycles. The summed E-state index contributed by atoms with van der Waals surface area (Å²) >= 11 is 0. The molecule has 0 saturated heterocycles. The Kier molecular flexibility index (Phi) is 4.15. The largest absolute Gasteiger partial charge is 0.489 e. The maximum absolute atomic E-state index is 5.90. The van der Waals surface area contributed by atoms with Crippen LogP contribution in [0.4, 0.5) is 0 Å². The predicted molar refractivity (Wildman–Crippen MR) is 74.3 cm³/mol. The Morgan fingerprint density at radius 3 is 2.61 bits per heavy atom. The molecule has 1 unspecified atom stereocenters. The van der Waals surface area contributed by atoms with Crippen LogP contribution in [-0.4, -0.2) is 0 Å². The maximum Gasteiger partial charge on any atom is 0.120 e. The highest BCUT2D eigenvalue weighted by Crippen LogP contribution is 2.19. The minimum Gasteiger partial charge on any atom is -0.489 e. The summed E-state index contributed by atoms with van der Waals surface area (Å²) < 4.78 is 5.74. The zero-order valence-electron chi connectivity index (χ0n) is 10.3. The molecule has 2 N–H and O–H groups in total. The van der Waals surface area contributed by atoms with Crippen molar-refractivity contribution in [2.45, 2.75) is 12.6 Å². The van der Waals surface area contributed by atoms with Crippen molar-refractivity contribution in [2.24, 2.45) is 5.73 Å². The summed E-state index contributed by atoms with van der Waals surface area (Å²) in [5.74, 6) is 0.827. The fourth-order valence-corrected chi connectivity index (χ4v) is 1.69. The summed E-state index contributed by atoms with van der Waals surface area (Å²) in [5.41, 5.74) is 8.06. The molecule has 2 heteroatoms. The highest BCUT2D eigenvalue weighted by Gasteiger charge is 2.02. The van der Waals surface area contributed by atoms with Crippen LogP contribution in [0.2, 0.25) is 0 Å². The molecule has 0 aliphatic heterocycles. The van der Waals surface area contributed by atoms with Crippen LogP contribution >= 0.6 is 0 Å². The average Bonchev–Trinajstić information content (AvgIpc) is 2.45. The van der Waals surface area contributed by atoms with E-state index >= 15 is 0 Å². The van der Waals surface area contributed by atoms with Gasteiger partial charge in [-0.3, -0.25) is 0 Å². The van der Waals surface area contributed by atoms with Crippen LogP contribution in [-0.2, 0) is 6.61 Å². The van der Waals surface area contributed by atoms with E-state index < -0.39 is 0 Å². The minimum absolute atomic E-state index is 0.148. The third kappa shape index (κ3) is 3.22. The smallest absolute Gasteiger partial charge is 0.120 e. The molecule has 2 nitrogen and oxygen atoms in total. The van der Waals surface area contributed by atoms with Crippen molar-refractivity contribution < 1.29 is 4.74 Å². The molecule has 0 fully saturated rings. The van der Waals surface area contributed by atoms with Crippen molar-refractivity contribution in [3.63, 3.8) is 0 Å². The number of benzene rings is 2. The molecule has 0 aliphatic rings. The van der Waals surface area contributed by atoms with Crippen LogP contribution in [0.3, 0.4) is 0 Å². The molecule has 0 spiro atoms. The Morgan fingerprint density at radius 1 is 1.11 bits per heavy atom. The molecule has 18 heavy (non-hydrogen) atoms. The van der Waals surface area contributed by atoms with E-state index in [-0.39, 0.29) is 6.04 Å². The lowest BCUT2D eigenvalue weighted by molar-refractivity contribution is 0.306. The average molecular weight is 239 g/mol. The summed E-state index contributed by atoms with van der Waals surface area (Å²) in [6.07, 6.45) is 1.72. The Balaban J connectivity index is 2.04. The van der Waals surface area contributed by atoms with Crippen LogP contribution in [0.1, 0.15) is 17.2 Å². The van der Waals surface area contributed by atoms with Gasteiger partial charge in [-0.15, -0.1) is 6.58 Å². The standard InChI is InChI=1S/C16H17NO/c1-2-16(17)14-9-6-10-15(11-14)18-12-13-7-4-3-5-8-13/h2-11,16H,1,12,17H2. The van der Waals surface area contributed by atoms with Gasteiger partial charge in [0.2, 0.25) is 0 Å². The molecule has 0 aliphatic carbocycles. The van der Waals surface area contributed by atoms with Gasteiger partial charge in [0, 0.05) is 6.04 Å². The first kappa shape index (κ1) is 12.4. The monoisotopic (exact) mass is 239 g/mol.